The normalized spacial score (nSPS) is 16.9. The third-order valence-electron chi connectivity index (χ3n) is 3.70. The first-order valence-electron chi connectivity index (χ1n) is 6.97. The van der Waals surface area contributed by atoms with Crippen molar-refractivity contribution in [3.63, 3.8) is 0 Å². The van der Waals surface area contributed by atoms with Crippen LogP contribution in [-0.4, -0.2) is 24.5 Å². The highest BCUT2D eigenvalue weighted by Crippen LogP contribution is 2.27. The van der Waals surface area contributed by atoms with E-state index in [9.17, 15) is 0 Å². The fourth-order valence-electron chi connectivity index (χ4n) is 2.68. The molecule has 0 aromatic carbocycles. The van der Waals surface area contributed by atoms with Gasteiger partial charge in [0.05, 0.1) is 24.8 Å². The van der Waals surface area contributed by atoms with E-state index in [2.05, 4.69) is 32.1 Å². The minimum Gasteiger partial charge on any atom is -0.324 e. The lowest BCUT2D eigenvalue weighted by molar-refractivity contribution is 0.327. The molecule has 0 spiro atoms. The van der Waals surface area contributed by atoms with Gasteiger partial charge in [-0.2, -0.15) is 10.2 Å². The molecule has 2 aromatic heterocycles. The number of aromatic nitrogens is 5. The molecule has 0 radical (unpaired) electrons. The molecular weight excluding hydrogens is 240 g/mol. The van der Waals surface area contributed by atoms with Gasteiger partial charge in [-0.1, -0.05) is 19.3 Å². The monoisotopic (exact) mass is 260 g/mol. The van der Waals surface area contributed by atoms with Crippen LogP contribution in [0.3, 0.4) is 0 Å². The standard InChI is InChI=1S/C13H20N6/c14-8-13-15-10-18(17-13)9-11-6-7-19(16-11)12-4-2-1-3-5-12/h6-7,10,12H,1-5,8-9,14H2. The quantitative estimate of drug-likeness (QED) is 0.903. The summed E-state index contributed by atoms with van der Waals surface area (Å²) in [6, 6.07) is 2.65. The van der Waals surface area contributed by atoms with E-state index in [1.807, 2.05) is 0 Å². The molecule has 0 saturated heterocycles. The largest absolute Gasteiger partial charge is 0.324 e. The molecule has 1 aliphatic carbocycles. The van der Waals surface area contributed by atoms with Crippen LogP contribution < -0.4 is 5.73 Å². The number of nitrogens with zero attached hydrogens (tertiary/aromatic N) is 5. The van der Waals surface area contributed by atoms with Gasteiger partial charge < -0.3 is 5.73 Å². The highest BCUT2D eigenvalue weighted by atomic mass is 15.4. The summed E-state index contributed by atoms with van der Waals surface area (Å²) in [4.78, 5) is 4.12. The van der Waals surface area contributed by atoms with Gasteiger partial charge in [-0.05, 0) is 18.9 Å². The summed E-state index contributed by atoms with van der Waals surface area (Å²) in [7, 11) is 0. The first-order valence-corrected chi connectivity index (χ1v) is 6.97. The van der Waals surface area contributed by atoms with E-state index in [4.69, 9.17) is 5.73 Å². The zero-order chi connectivity index (χ0) is 13.1. The number of nitrogens with two attached hydrogens (primary N) is 1. The lowest BCUT2D eigenvalue weighted by atomic mass is 9.96. The molecule has 0 amide bonds. The number of rotatable bonds is 4. The first-order chi connectivity index (χ1) is 9.35. The van der Waals surface area contributed by atoms with Crippen LogP contribution in [0.25, 0.3) is 0 Å². The van der Waals surface area contributed by atoms with E-state index in [-0.39, 0.29) is 0 Å². The second-order valence-electron chi connectivity index (χ2n) is 5.14. The van der Waals surface area contributed by atoms with Crippen LogP contribution in [0.2, 0.25) is 0 Å². The Morgan fingerprint density at radius 2 is 2.05 bits per heavy atom. The van der Waals surface area contributed by atoms with Gasteiger partial charge in [0.1, 0.15) is 6.33 Å². The smallest absolute Gasteiger partial charge is 0.164 e. The van der Waals surface area contributed by atoms with Crippen LogP contribution in [0, 0.1) is 0 Å². The van der Waals surface area contributed by atoms with E-state index in [0.29, 0.717) is 25.0 Å². The van der Waals surface area contributed by atoms with Gasteiger partial charge in [0.15, 0.2) is 5.82 Å². The van der Waals surface area contributed by atoms with Gasteiger partial charge in [-0.25, -0.2) is 9.67 Å². The molecule has 6 nitrogen and oxygen atoms in total. The second kappa shape index (κ2) is 5.52. The summed E-state index contributed by atoms with van der Waals surface area (Å²) >= 11 is 0. The SMILES string of the molecule is NCc1ncn(Cc2ccn(C3CCCCC3)n2)n1. The van der Waals surface area contributed by atoms with Crippen molar-refractivity contribution >= 4 is 0 Å². The maximum atomic E-state index is 5.50. The maximum Gasteiger partial charge on any atom is 0.164 e. The van der Waals surface area contributed by atoms with Crippen LogP contribution in [0.4, 0.5) is 0 Å². The molecule has 0 aliphatic heterocycles. The molecule has 6 heteroatoms. The molecule has 3 rings (SSSR count). The Balaban J connectivity index is 1.67. The van der Waals surface area contributed by atoms with Gasteiger partial charge in [0, 0.05) is 6.20 Å². The fraction of sp³-hybridized carbons (Fsp3) is 0.615. The minimum absolute atomic E-state index is 0.378. The van der Waals surface area contributed by atoms with E-state index >= 15 is 0 Å². The summed E-state index contributed by atoms with van der Waals surface area (Å²) in [5.41, 5.74) is 6.53. The Labute approximate surface area is 112 Å². The molecule has 102 valence electrons. The first kappa shape index (κ1) is 12.3. The minimum atomic E-state index is 0.378. The molecule has 2 N–H and O–H groups in total. The van der Waals surface area contributed by atoms with Crippen LogP contribution in [0.1, 0.15) is 49.7 Å². The number of hydrogen-bond acceptors (Lipinski definition) is 4. The highest BCUT2D eigenvalue weighted by Gasteiger charge is 2.16. The molecular formula is C13H20N6. The van der Waals surface area contributed by atoms with E-state index in [0.717, 1.165) is 5.69 Å². The summed E-state index contributed by atoms with van der Waals surface area (Å²) < 4.78 is 3.91. The van der Waals surface area contributed by atoms with E-state index in [1.54, 1.807) is 11.0 Å². The molecule has 1 fully saturated rings. The topological polar surface area (TPSA) is 74.5 Å². The zero-order valence-corrected chi connectivity index (χ0v) is 11.1. The van der Waals surface area contributed by atoms with Gasteiger partial charge >= 0.3 is 0 Å². The second-order valence-corrected chi connectivity index (χ2v) is 5.14. The van der Waals surface area contributed by atoms with E-state index < -0.39 is 0 Å². The third-order valence-corrected chi connectivity index (χ3v) is 3.70. The molecule has 0 bridgehead atoms. The van der Waals surface area contributed by atoms with Crippen molar-refractivity contribution in [3.05, 3.63) is 30.1 Å². The summed E-state index contributed by atoms with van der Waals surface area (Å²) in [5, 5.41) is 8.94. The summed E-state index contributed by atoms with van der Waals surface area (Å²) in [5.74, 6) is 0.673. The van der Waals surface area contributed by atoms with Crippen LogP contribution in [0.15, 0.2) is 18.6 Å². The molecule has 19 heavy (non-hydrogen) atoms. The van der Waals surface area contributed by atoms with Crippen LogP contribution in [-0.2, 0) is 13.1 Å². The average Bonchev–Trinajstić information content (AvgIpc) is 3.09. The highest BCUT2D eigenvalue weighted by molar-refractivity contribution is 5.00. The number of hydrogen-bond donors (Lipinski definition) is 1. The maximum absolute atomic E-state index is 5.50. The van der Waals surface area contributed by atoms with Crippen LogP contribution in [0.5, 0.6) is 0 Å². The van der Waals surface area contributed by atoms with Crippen molar-refractivity contribution in [1.29, 1.82) is 0 Å². The molecule has 2 heterocycles. The molecule has 1 saturated carbocycles. The Morgan fingerprint density at radius 1 is 1.21 bits per heavy atom. The van der Waals surface area contributed by atoms with Gasteiger partial charge in [0.2, 0.25) is 0 Å². The molecule has 2 aromatic rings. The summed E-state index contributed by atoms with van der Waals surface area (Å²) in [6.45, 7) is 1.04. The van der Waals surface area contributed by atoms with E-state index in [1.165, 1.54) is 32.1 Å². The van der Waals surface area contributed by atoms with Gasteiger partial charge in [0.25, 0.3) is 0 Å². The Morgan fingerprint density at radius 3 is 2.79 bits per heavy atom. The Hall–Kier alpha value is -1.69. The van der Waals surface area contributed by atoms with Crippen LogP contribution >= 0.6 is 0 Å². The van der Waals surface area contributed by atoms with Crippen molar-refractivity contribution in [3.8, 4) is 0 Å². The van der Waals surface area contributed by atoms with Gasteiger partial charge in [-0.3, -0.25) is 4.68 Å². The van der Waals surface area contributed by atoms with Gasteiger partial charge in [-0.15, -0.1) is 0 Å². The molecule has 0 atom stereocenters. The van der Waals surface area contributed by atoms with Crippen molar-refractivity contribution < 1.29 is 0 Å². The fourth-order valence-corrected chi connectivity index (χ4v) is 2.68. The lowest BCUT2D eigenvalue weighted by Crippen LogP contribution is -2.14. The zero-order valence-electron chi connectivity index (χ0n) is 11.1. The van der Waals surface area contributed by atoms with Crippen molar-refractivity contribution in [2.24, 2.45) is 5.73 Å². The van der Waals surface area contributed by atoms with Crippen molar-refractivity contribution in [2.75, 3.05) is 0 Å². The average molecular weight is 260 g/mol. The van der Waals surface area contributed by atoms with Crippen molar-refractivity contribution in [1.82, 2.24) is 24.5 Å². The Bertz CT molecular complexity index is 523. The third kappa shape index (κ3) is 2.84. The Kier molecular flexibility index (Phi) is 3.59. The summed E-state index contributed by atoms with van der Waals surface area (Å²) in [6.07, 6.45) is 10.3. The molecule has 1 aliphatic rings. The predicted molar refractivity (Wildman–Crippen MR) is 71.4 cm³/mol. The van der Waals surface area contributed by atoms with Crippen molar-refractivity contribution in [2.45, 2.75) is 51.2 Å². The predicted octanol–water partition coefficient (Wildman–Crippen LogP) is 1.49. The molecule has 0 unspecified atom stereocenters. The lowest BCUT2D eigenvalue weighted by Gasteiger charge is -2.21.